The Kier molecular flexibility index (Phi) is 3.45. The van der Waals surface area contributed by atoms with Gasteiger partial charge in [0, 0.05) is 36.3 Å². The Balaban J connectivity index is 2.15. The van der Waals surface area contributed by atoms with Gasteiger partial charge in [-0.1, -0.05) is 34.1 Å². The second kappa shape index (κ2) is 5.09. The number of aromatic nitrogens is 1. The molecule has 0 amide bonds. The molecule has 0 radical (unpaired) electrons. The smallest absolute Gasteiger partial charge is 0.196 e. The summed E-state index contributed by atoms with van der Waals surface area (Å²) in [5, 5.41) is 0.952. The van der Waals surface area contributed by atoms with Gasteiger partial charge in [-0.3, -0.25) is 4.79 Å². The third-order valence-electron chi connectivity index (χ3n) is 3.01. The minimum Gasteiger partial charge on any atom is -0.360 e. The van der Waals surface area contributed by atoms with E-state index in [-0.39, 0.29) is 5.78 Å². The molecule has 0 atom stereocenters. The standard InChI is InChI=1S/C15H9BrINO/c16-9-5-6-10-12(8-18-14(10)7-9)15(19)11-3-1-2-4-13(11)17/h1-8,18H. The molecule has 19 heavy (non-hydrogen) atoms. The first-order valence-electron chi connectivity index (χ1n) is 5.72. The lowest BCUT2D eigenvalue weighted by atomic mass is 10.0. The maximum atomic E-state index is 12.6. The van der Waals surface area contributed by atoms with E-state index in [1.165, 1.54) is 0 Å². The third-order valence-corrected chi connectivity index (χ3v) is 4.44. The van der Waals surface area contributed by atoms with Crippen molar-refractivity contribution < 1.29 is 4.79 Å². The number of carbonyl (C=O) groups excluding carboxylic acids is 1. The van der Waals surface area contributed by atoms with Gasteiger partial charge in [0.05, 0.1) is 0 Å². The summed E-state index contributed by atoms with van der Waals surface area (Å²) in [6.45, 7) is 0. The van der Waals surface area contributed by atoms with Crippen LogP contribution >= 0.6 is 38.5 Å². The molecule has 0 aliphatic carbocycles. The average Bonchev–Trinajstić information content (AvgIpc) is 2.81. The van der Waals surface area contributed by atoms with E-state index >= 15 is 0 Å². The molecular formula is C15H9BrINO. The highest BCUT2D eigenvalue weighted by Crippen LogP contribution is 2.25. The summed E-state index contributed by atoms with van der Waals surface area (Å²) >= 11 is 5.62. The Labute approximate surface area is 132 Å². The van der Waals surface area contributed by atoms with Gasteiger partial charge >= 0.3 is 0 Å². The Morgan fingerprint density at radius 2 is 1.89 bits per heavy atom. The average molecular weight is 426 g/mol. The van der Waals surface area contributed by atoms with Gasteiger partial charge < -0.3 is 4.98 Å². The predicted molar refractivity (Wildman–Crippen MR) is 88.6 cm³/mol. The lowest BCUT2D eigenvalue weighted by Gasteiger charge is -2.02. The highest BCUT2D eigenvalue weighted by atomic mass is 127. The van der Waals surface area contributed by atoms with Crippen molar-refractivity contribution in [2.24, 2.45) is 0 Å². The second-order valence-corrected chi connectivity index (χ2v) is 6.28. The van der Waals surface area contributed by atoms with Crippen LogP contribution in [-0.2, 0) is 0 Å². The van der Waals surface area contributed by atoms with E-state index in [4.69, 9.17) is 0 Å². The molecule has 0 unspecified atom stereocenters. The van der Waals surface area contributed by atoms with Crippen molar-refractivity contribution in [2.45, 2.75) is 0 Å². The lowest BCUT2D eigenvalue weighted by molar-refractivity contribution is 0.103. The summed E-state index contributed by atoms with van der Waals surface area (Å²) in [7, 11) is 0. The fourth-order valence-corrected chi connectivity index (χ4v) is 3.07. The lowest BCUT2D eigenvalue weighted by Crippen LogP contribution is -2.02. The molecular weight excluding hydrogens is 417 g/mol. The number of hydrogen-bond donors (Lipinski definition) is 1. The minimum absolute atomic E-state index is 0.0542. The van der Waals surface area contributed by atoms with Crippen LogP contribution in [0.4, 0.5) is 0 Å². The van der Waals surface area contributed by atoms with E-state index < -0.39 is 0 Å². The molecule has 3 aromatic rings. The summed E-state index contributed by atoms with van der Waals surface area (Å²) in [5.41, 5.74) is 2.42. The van der Waals surface area contributed by atoms with Crippen molar-refractivity contribution in [3.8, 4) is 0 Å². The number of rotatable bonds is 2. The van der Waals surface area contributed by atoms with Gasteiger partial charge in [0.25, 0.3) is 0 Å². The first-order valence-corrected chi connectivity index (χ1v) is 7.60. The SMILES string of the molecule is O=C(c1ccccc1I)c1c[nH]c2cc(Br)ccc12. The molecule has 1 N–H and O–H groups in total. The van der Waals surface area contributed by atoms with Gasteiger partial charge in [-0.25, -0.2) is 0 Å². The number of nitrogens with one attached hydrogen (secondary N) is 1. The molecule has 1 heterocycles. The highest BCUT2D eigenvalue weighted by Gasteiger charge is 2.16. The molecule has 0 aliphatic heterocycles. The molecule has 0 saturated heterocycles. The summed E-state index contributed by atoms with van der Waals surface area (Å²) in [4.78, 5) is 15.7. The number of halogens is 2. The van der Waals surface area contributed by atoms with Crippen LogP contribution in [-0.4, -0.2) is 10.8 Å². The van der Waals surface area contributed by atoms with Crippen LogP contribution in [0.25, 0.3) is 10.9 Å². The molecule has 2 nitrogen and oxygen atoms in total. The van der Waals surface area contributed by atoms with Crippen molar-refractivity contribution >= 4 is 55.2 Å². The second-order valence-electron chi connectivity index (χ2n) is 4.20. The topological polar surface area (TPSA) is 32.9 Å². The number of aromatic amines is 1. The Bertz CT molecular complexity index is 779. The Morgan fingerprint density at radius 1 is 1.11 bits per heavy atom. The fourth-order valence-electron chi connectivity index (χ4n) is 2.08. The van der Waals surface area contributed by atoms with Gasteiger partial charge in [-0.15, -0.1) is 0 Å². The van der Waals surface area contributed by atoms with Gasteiger partial charge in [0.2, 0.25) is 0 Å². The fraction of sp³-hybridized carbons (Fsp3) is 0. The summed E-state index contributed by atoms with van der Waals surface area (Å²) in [6.07, 6.45) is 1.78. The quantitative estimate of drug-likeness (QED) is 0.465. The molecule has 0 bridgehead atoms. The molecule has 4 heteroatoms. The van der Waals surface area contributed by atoms with E-state index in [0.29, 0.717) is 5.56 Å². The zero-order valence-electron chi connectivity index (χ0n) is 9.78. The molecule has 3 rings (SSSR count). The van der Waals surface area contributed by atoms with E-state index in [9.17, 15) is 4.79 Å². The van der Waals surface area contributed by atoms with Gasteiger partial charge in [-0.05, 0) is 46.9 Å². The van der Waals surface area contributed by atoms with Crippen molar-refractivity contribution in [1.29, 1.82) is 0 Å². The van der Waals surface area contributed by atoms with Gasteiger partial charge in [0.15, 0.2) is 5.78 Å². The van der Waals surface area contributed by atoms with Crippen LogP contribution in [0.5, 0.6) is 0 Å². The molecule has 2 aromatic carbocycles. The molecule has 0 saturated carbocycles. The number of carbonyl (C=O) groups is 1. The van der Waals surface area contributed by atoms with Crippen LogP contribution in [0.3, 0.4) is 0 Å². The molecule has 0 aliphatic rings. The normalized spacial score (nSPS) is 10.8. The monoisotopic (exact) mass is 425 g/mol. The summed E-state index contributed by atoms with van der Waals surface area (Å²) < 4.78 is 1.96. The van der Waals surface area contributed by atoms with E-state index in [2.05, 4.69) is 43.5 Å². The number of H-pyrrole nitrogens is 1. The Morgan fingerprint density at radius 3 is 2.68 bits per heavy atom. The highest BCUT2D eigenvalue weighted by molar-refractivity contribution is 14.1. The largest absolute Gasteiger partial charge is 0.360 e. The van der Waals surface area contributed by atoms with E-state index in [0.717, 1.165) is 24.5 Å². The van der Waals surface area contributed by atoms with Crippen LogP contribution in [0, 0.1) is 3.57 Å². The third kappa shape index (κ3) is 2.34. The maximum absolute atomic E-state index is 12.6. The van der Waals surface area contributed by atoms with E-state index in [1.807, 2.05) is 42.5 Å². The number of hydrogen-bond acceptors (Lipinski definition) is 1. The van der Waals surface area contributed by atoms with Crippen molar-refractivity contribution in [3.63, 3.8) is 0 Å². The van der Waals surface area contributed by atoms with Crippen LogP contribution in [0.15, 0.2) is 53.1 Å². The molecule has 0 fully saturated rings. The summed E-state index contributed by atoms with van der Waals surface area (Å²) in [5.74, 6) is 0.0542. The number of ketones is 1. The predicted octanol–water partition coefficient (Wildman–Crippen LogP) is 4.77. The zero-order chi connectivity index (χ0) is 13.4. The summed E-state index contributed by atoms with van der Waals surface area (Å²) in [6, 6.07) is 13.5. The first kappa shape index (κ1) is 12.9. The van der Waals surface area contributed by atoms with Crippen molar-refractivity contribution in [1.82, 2.24) is 4.98 Å². The molecule has 94 valence electrons. The molecule has 0 spiro atoms. The van der Waals surface area contributed by atoms with Crippen LogP contribution < -0.4 is 0 Å². The zero-order valence-corrected chi connectivity index (χ0v) is 13.5. The Hall–Kier alpha value is -1.14. The minimum atomic E-state index is 0.0542. The van der Waals surface area contributed by atoms with Crippen LogP contribution in [0.1, 0.15) is 15.9 Å². The van der Waals surface area contributed by atoms with Crippen molar-refractivity contribution in [2.75, 3.05) is 0 Å². The molecule has 1 aromatic heterocycles. The van der Waals surface area contributed by atoms with Crippen molar-refractivity contribution in [3.05, 3.63) is 67.8 Å². The number of benzene rings is 2. The first-order chi connectivity index (χ1) is 9.16. The van der Waals surface area contributed by atoms with E-state index in [1.54, 1.807) is 6.20 Å². The maximum Gasteiger partial charge on any atom is 0.196 e. The van der Waals surface area contributed by atoms with Gasteiger partial charge in [-0.2, -0.15) is 0 Å². The number of fused-ring (bicyclic) bond motifs is 1. The van der Waals surface area contributed by atoms with Gasteiger partial charge in [0.1, 0.15) is 0 Å². The van der Waals surface area contributed by atoms with Crippen LogP contribution in [0.2, 0.25) is 0 Å².